The highest BCUT2D eigenvalue weighted by atomic mass is 16.5. The Morgan fingerprint density at radius 3 is 2.36 bits per heavy atom. The second-order valence-electron chi connectivity index (χ2n) is 7.36. The summed E-state index contributed by atoms with van der Waals surface area (Å²) in [6.45, 7) is 7.39. The molecule has 0 aromatic rings. The predicted molar refractivity (Wildman–Crippen MR) is 87.8 cm³/mol. The van der Waals surface area contributed by atoms with Crippen molar-refractivity contribution < 1.29 is 14.3 Å². The normalized spacial score (nSPS) is 30.5. The zero-order chi connectivity index (χ0) is 16.0. The van der Waals surface area contributed by atoms with E-state index >= 15 is 0 Å². The molecule has 1 saturated heterocycles. The number of methoxy groups -OCH3 is 1. The van der Waals surface area contributed by atoms with Gasteiger partial charge in [0.2, 0.25) is 5.91 Å². The van der Waals surface area contributed by atoms with Crippen molar-refractivity contribution >= 4 is 5.91 Å². The number of ether oxygens (including phenoxy) is 2. The minimum atomic E-state index is -0.0372. The molecule has 22 heavy (non-hydrogen) atoms. The summed E-state index contributed by atoms with van der Waals surface area (Å²) in [5.74, 6) is 1.75. The van der Waals surface area contributed by atoms with E-state index in [1.54, 1.807) is 6.92 Å². The number of carbonyl (C=O) groups excluding carboxylic acids is 1. The average Bonchev–Trinajstić information content (AvgIpc) is 2.54. The Labute approximate surface area is 135 Å². The van der Waals surface area contributed by atoms with Gasteiger partial charge < -0.3 is 14.4 Å². The lowest BCUT2D eigenvalue weighted by atomic mass is 9.80. The molecule has 0 aromatic carbocycles. The van der Waals surface area contributed by atoms with E-state index < -0.39 is 0 Å². The van der Waals surface area contributed by atoms with Gasteiger partial charge in [-0.3, -0.25) is 4.79 Å². The molecule has 1 saturated carbocycles. The Morgan fingerprint density at radius 1 is 1.18 bits per heavy atom. The molecule has 4 nitrogen and oxygen atoms in total. The number of nitrogens with zero attached hydrogens (tertiary/aromatic N) is 1. The lowest BCUT2D eigenvalue weighted by Gasteiger charge is -2.38. The predicted octanol–water partition coefficient (Wildman–Crippen LogP) is 3.25. The topological polar surface area (TPSA) is 38.8 Å². The van der Waals surface area contributed by atoms with Gasteiger partial charge in [-0.05, 0) is 56.8 Å². The van der Waals surface area contributed by atoms with E-state index in [0.717, 1.165) is 64.3 Å². The second kappa shape index (κ2) is 8.30. The number of hydrogen-bond acceptors (Lipinski definition) is 3. The first-order valence-electron chi connectivity index (χ1n) is 8.93. The van der Waals surface area contributed by atoms with Crippen molar-refractivity contribution in [2.45, 2.75) is 64.4 Å². The van der Waals surface area contributed by atoms with Crippen LogP contribution < -0.4 is 0 Å². The van der Waals surface area contributed by atoms with Gasteiger partial charge in [-0.25, -0.2) is 0 Å². The molecule has 2 fully saturated rings. The zero-order valence-electron chi connectivity index (χ0n) is 14.6. The number of amides is 1. The molecule has 0 unspecified atom stereocenters. The van der Waals surface area contributed by atoms with Gasteiger partial charge in [-0.2, -0.15) is 0 Å². The molecular formula is C18H33NO3. The first-order valence-corrected chi connectivity index (χ1v) is 8.93. The summed E-state index contributed by atoms with van der Waals surface area (Å²) >= 11 is 0. The Bertz CT molecular complexity index is 342. The van der Waals surface area contributed by atoms with Gasteiger partial charge >= 0.3 is 0 Å². The maximum atomic E-state index is 11.3. The smallest absolute Gasteiger partial charge is 0.219 e. The molecule has 1 amide bonds. The van der Waals surface area contributed by atoms with Crippen molar-refractivity contribution in [3.8, 4) is 0 Å². The fourth-order valence-electron chi connectivity index (χ4n) is 3.74. The van der Waals surface area contributed by atoms with E-state index in [2.05, 4.69) is 6.92 Å². The van der Waals surface area contributed by atoms with Gasteiger partial charge in [0.25, 0.3) is 0 Å². The number of hydrogen-bond donors (Lipinski definition) is 0. The molecule has 1 aliphatic heterocycles. The van der Waals surface area contributed by atoms with Gasteiger partial charge in [0.1, 0.15) is 0 Å². The number of rotatable bonds is 6. The van der Waals surface area contributed by atoms with E-state index in [4.69, 9.17) is 9.47 Å². The van der Waals surface area contributed by atoms with Crippen LogP contribution >= 0.6 is 0 Å². The van der Waals surface area contributed by atoms with E-state index in [0.29, 0.717) is 5.92 Å². The highest BCUT2D eigenvalue weighted by Crippen LogP contribution is 2.34. The van der Waals surface area contributed by atoms with Gasteiger partial charge in [0.05, 0.1) is 12.2 Å². The van der Waals surface area contributed by atoms with Crippen LogP contribution in [0.1, 0.15) is 58.8 Å². The molecule has 1 heterocycles. The summed E-state index contributed by atoms with van der Waals surface area (Å²) in [5, 5.41) is 0. The Balaban J connectivity index is 1.62. The Hall–Kier alpha value is -0.610. The van der Waals surface area contributed by atoms with Crippen molar-refractivity contribution in [3.05, 3.63) is 0 Å². The largest absolute Gasteiger partial charge is 0.378 e. The van der Waals surface area contributed by atoms with Gasteiger partial charge in [0.15, 0.2) is 0 Å². The maximum absolute atomic E-state index is 11.3. The summed E-state index contributed by atoms with van der Waals surface area (Å²) in [7, 11) is 1.83. The van der Waals surface area contributed by atoms with E-state index in [1.807, 2.05) is 12.0 Å². The van der Waals surface area contributed by atoms with Crippen LogP contribution in [0, 0.1) is 11.8 Å². The first kappa shape index (κ1) is 17.7. The zero-order valence-corrected chi connectivity index (χ0v) is 14.6. The van der Waals surface area contributed by atoms with Gasteiger partial charge in [-0.1, -0.05) is 6.92 Å². The molecule has 0 atom stereocenters. The van der Waals surface area contributed by atoms with Crippen LogP contribution in [0.2, 0.25) is 0 Å². The lowest BCUT2D eigenvalue weighted by molar-refractivity contribution is -0.130. The SMILES string of the molecule is COC1(COCCC2CCN(C(C)=O)CC2)CCC(C)CC1. The summed E-state index contributed by atoms with van der Waals surface area (Å²) in [6, 6.07) is 0. The monoisotopic (exact) mass is 311 g/mol. The molecule has 0 N–H and O–H groups in total. The Morgan fingerprint density at radius 2 is 1.82 bits per heavy atom. The highest BCUT2D eigenvalue weighted by Gasteiger charge is 2.34. The van der Waals surface area contributed by atoms with E-state index in [-0.39, 0.29) is 11.5 Å². The molecular weight excluding hydrogens is 278 g/mol. The summed E-state index contributed by atoms with van der Waals surface area (Å²) < 4.78 is 11.8. The van der Waals surface area contributed by atoms with Crippen molar-refractivity contribution in [1.29, 1.82) is 0 Å². The van der Waals surface area contributed by atoms with Crippen LogP contribution in [0.3, 0.4) is 0 Å². The minimum absolute atomic E-state index is 0.0372. The van der Waals surface area contributed by atoms with Crippen molar-refractivity contribution in [1.82, 2.24) is 4.90 Å². The van der Waals surface area contributed by atoms with E-state index in [1.165, 1.54) is 12.8 Å². The van der Waals surface area contributed by atoms with Crippen LogP contribution in [0.15, 0.2) is 0 Å². The van der Waals surface area contributed by atoms with Crippen LogP contribution in [-0.2, 0) is 14.3 Å². The van der Waals surface area contributed by atoms with Crippen molar-refractivity contribution in [2.75, 3.05) is 33.4 Å². The fraction of sp³-hybridized carbons (Fsp3) is 0.944. The molecule has 0 spiro atoms. The molecule has 2 aliphatic rings. The van der Waals surface area contributed by atoms with Gasteiger partial charge in [-0.15, -0.1) is 0 Å². The second-order valence-corrected chi connectivity index (χ2v) is 7.36. The van der Waals surface area contributed by atoms with Crippen LogP contribution in [-0.4, -0.2) is 49.8 Å². The minimum Gasteiger partial charge on any atom is -0.378 e. The molecule has 0 radical (unpaired) electrons. The number of likely N-dealkylation sites (tertiary alicyclic amines) is 1. The summed E-state index contributed by atoms with van der Waals surface area (Å²) in [5.41, 5.74) is -0.0372. The fourth-order valence-corrected chi connectivity index (χ4v) is 3.74. The van der Waals surface area contributed by atoms with Crippen LogP contribution in [0.5, 0.6) is 0 Å². The molecule has 1 aliphatic carbocycles. The average molecular weight is 311 g/mol. The quantitative estimate of drug-likeness (QED) is 0.707. The van der Waals surface area contributed by atoms with Crippen molar-refractivity contribution in [3.63, 3.8) is 0 Å². The molecule has 0 bridgehead atoms. The van der Waals surface area contributed by atoms with Crippen molar-refractivity contribution in [2.24, 2.45) is 11.8 Å². The third-order valence-electron chi connectivity index (χ3n) is 5.71. The van der Waals surface area contributed by atoms with E-state index in [9.17, 15) is 4.79 Å². The number of piperidine rings is 1. The number of carbonyl (C=O) groups is 1. The third-order valence-corrected chi connectivity index (χ3v) is 5.71. The first-order chi connectivity index (χ1) is 10.5. The molecule has 4 heteroatoms. The highest BCUT2D eigenvalue weighted by molar-refractivity contribution is 5.73. The third kappa shape index (κ3) is 4.95. The van der Waals surface area contributed by atoms with Crippen LogP contribution in [0.4, 0.5) is 0 Å². The molecule has 2 rings (SSSR count). The lowest BCUT2D eigenvalue weighted by Crippen LogP contribution is -2.41. The summed E-state index contributed by atoms with van der Waals surface area (Å²) in [6.07, 6.45) is 8.11. The molecule has 128 valence electrons. The van der Waals surface area contributed by atoms with Gasteiger partial charge in [0, 0.05) is 33.7 Å². The maximum Gasteiger partial charge on any atom is 0.219 e. The standard InChI is InChI=1S/C18H33NO3/c1-15-4-9-18(21-3,10-5-15)14-22-13-8-17-6-11-19(12-7-17)16(2)20/h15,17H,4-14H2,1-3H3. The summed E-state index contributed by atoms with van der Waals surface area (Å²) in [4.78, 5) is 13.3. The molecule has 0 aromatic heterocycles. The van der Waals surface area contributed by atoms with Crippen LogP contribution in [0.25, 0.3) is 0 Å². The Kier molecular flexibility index (Phi) is 6.69.